The van der Waals surface area contributed by atoms with Gasteiger partial charge in [0, 0.05) is 18.7 Å². The molecule has 1 fully saturated rings. The molecule has 0 aromatic rings. The lowest BCUT2D eigenvalue weighted by Crippen LogP contribution is -2.44. The number of nitrogens with one attached hydrogen (secondary N) is 1. The molecule has 0 aromatic heterocycles. The fourth-order valence-corrected chi connectivity index (χ4v) is 2.62. The van der Waals surface area contributed by atoms with Crippen LogP contribution in [0.25, 0.3) is 0 Å². The Balaban J connectivity index is 2.27. The molecule has 3 unspecified atom stereocenters. The van der Waals surface area contributed by atoms with Gasteiger partial charge in [-0.1, -0.05) is 26.2 Å². The second-order valence-corrected chi connectivity index (χ2v) is 4.79. The van der Waals surface area contributed by atoms with Crippen molar-refractivity contribution in [2.45, 2.75) is 65.0 Å². The smallest absolute Gasteiger partial charge is 0.0616 e. The van der Waals surface area contributed by atoms with Gasteiger partial charge in [0.2, 0.25) is 0 Å². The Morgan fingerprint density at radius 2 is 2.00 bits per heavy atom. The van der Waals surface area contributed by atoms with Crippen molar-refractivity contribution in [1.29, 1.82) is 0 Å². The molecule has 0 spiro atoms. The minimum Gasteiger partial charge on any atom is -0.380 e. The summed E-state index contributed by atoms with van der Waals surface area (Å²) in [5, 5.41) is 3.73. The summed E-state index contributed by atoms with van der Waals surface area (Å²) in [6, 6.07) is 1.24. The van der Waals surface area contributed by atoms with Crippen LogP contribution in [0.2, 0.25) is 0 Å². The van der Waals surface area contributed by atoms with Crippen molar-refractivity contribution in [2.75, 3.05) is 13.2 Å². The Kier molecular flexibility index (Phi) is 6.26. The zero-order valence-electron chi connectivity index (χ0n) is 10.6. The third-order valence-electron chi connectivity index (χ3n) is 3.50. The summed E-state index contributed by atoms with van der Waals surface area (Å²) in [5.41, 5.74) is 0. The summed E-state index contributed by atoms with van der Waals surface area (Å²) in [6.07, 6.45) is 6.91. The van der Waals surface area contributed by atoms with Crippen LogP contribution in [0.3, 0.4) is 0 Å². The number of hydrogen-bond donors (Lipinski definition) is 1. The standard InChI is InChI=1S/C13H27NO/c1-4-12-8-6-7-9-13(12)14-11(3)10-15-5-2/h11-14H,4-10H2,1-3H3. The van der Waals surface area contributed by atoms with Crippen LogP contribution in [-0.4, -0.2) is 25.3 Å². The topological polar surface area (TPSA) is 21.3 Å². The van der Waals surface area contributed by atoms with Gasteiger partial charge in [0.1, 0.15) is 0 Å². The minimum atomic E-state index is 0.502. The highest BCUT2D eigenvalue weighted by Crippen LogP contribution is 2.26. The van der Waals surface area contributed by atoms with E-state index in [9.17, 15) is 0 Å². The van der Waals surface area contributed by atoms with Crippen LogP contribution in [-0.2, 0) is 4.74 Å². The van der Waals surface area contributed by atoms with Crippen LogP contribution in [0.5, 0.6) is 0 Å². The Bertz CT molecular complexity index is 161. The monoisotopic (exact) mass is 213 g/mol. The van der Waals surface area contributed by atoms with Gasteiger partial charge in [0.15, 0.2) is 0 Å². The molecule has 0 amide bonds. The summed E-state index contributed by atoms with van der Waals surface area (Å²) < 4.78 is 5.44. The van der Waals surface area contributed by atoms with Crippen molar-refractivity contribution in [3.63, 3.8) is 0 Å². The van der Waals surface area contributed by atoms with E-state index < -0.39 is 0 Å². The minimum absolute atomic E-state index is 0.502. The molecule has 0 heterocycles. The molecule has 0 aromatic carbocycles. The van der Waals surface area contributed by atoms with Crippen molar-refractivity contribution in [1.82, 2.24) is 5.32 Å². The quantitative estimate of drug-likeness (QED) is 0.732. The number of ether oxygens (including phenoxy) is 1. The molecule has 0 saturated heterocycles. The molecule has 0 bridgehead atoms. The fraction of sp³-hybridized carbons (Fsp3) is 1.00. The second kappa shape index (κ2) is 7.24. The van der Waals surface area contributed by atoms with Gasteiger partial charge < -0.3 is 10.1 Å². The highest BCUT2D eigenvalue weighted by atomic mass is 16.5. The van der Waals surface area contributed by atoms with E-state index in [-0.39, 0.29) is 0 Å². The van der Waals surface area contributed by atoms with Crippen molar-refractivity contribution in [3.05, 3.63) is 0 Å². The first-order chi connectivity index (χ1) is 7.27. The van der Waals surface area contributed by atoms with Crippen LogP contribution in [0.4, 0.5) is 0 Å². The van der Waals surface area contributed by atoms with Crippen LogP contribution >= 0.6 is 0 Å². The average Bonchev–Trinajstić information content (AvgIpc) is 2.27. The molecule has 3 atom stereocenters. The van der Waals surface area contributed by atoms with Gasteiger partial charge in [-0.25, -0.2) is 0 Å². The van der Waals surface area contributed by atoms with Gasteiger partial charge in [0.25, 0.3) is 0 Å². The Morgan fingerprint density at radius 1 is 1.27 bits per heavy atom. The first-order valence-electron chi connectivity index (χ1n) is 6.61. The van der Waals surface area contributed by atoms with E-state index in [0.29, 0.717) is 6.04 Å². The van der Waals surface area contributed by atoms with E-state index in [1.54, 1.807) is 0 Å². The first-order valence-corrected chi connectivity index (χ1v) is 6.61. The van der Waals surface area contributed by atoms with Gasteiger partial charge in [-0.3, -0.25) is 0 Å². The molecule has 2 heteroatoms. The van der Waals surface area contributed by atoms with E-state index in [2.05, 4.69) is 26.1 Å². The van der Waals surface area contributed by atoms with Crippen molar-refractivity contribution in [2.24, 2.45) is 5.92 Å². The van der Waals surface area contributed by atoms with Gasteiger partial charge in [-0.15, -0.1) is 0 Å². The summed E-state index contributed by atoms with van der Waals surface area (Å²) in [5.74, 6) is 0.892. The van der Waals surface area contributed by atoms with E-state index >= 15 is 0 Å². The van der Waals surface area contributed by atoms with Crippen molar-refractivity contribution < 1.29 is 4.74 Å². The molecule has 0 aliphatic heterocycles. The Hall–Kier alpha value is -0.0800. The second-order valence-electron chi connectivity index (χ2n) is 4.79. The van der Waals surface area contributed by atoms with E-state index in [4.69, 9.17) is 4.74 Å². The van der Waals surface area contributed by atoms with Crippen LogP contribution in [0.1, 0.15) is 52.9 Å². The highest BCUT2D eigenvalue weighted by Gasteiger charge is 2.24. The molecule has 1 N–H and O–H groups in total. The van der Waals surface area contributed by atoms with E-state index in [1.165, 1.54) is 32.1 Å². The van der Waals surface area contributed by atoms with Crippen LogP contribution < -0.4 is 5.32 Å². The lowest BCUT2D eigenvalue weighted by Gasteiger charge is -2.33. The van der Waals surface area contributed by atoms with Crippen LogP contribution in [0.15, 0.2) is 0 Å². The number of hydrogen-bond acceptors (Lipinski definition) is 2. The maximum absolute atomic E-state index is 5.44. The van der Waals surface area contributed by atoms with Crippen LogP contribution in [0, 0.1) is 5.92 Å². The summed E-state index contributed by atoms with van der Waals surface area (Å²) in [4.78, 5) is 0. The molecule has 1 aliphatic rings. The van der Waals surface area contributed by atoms with Gasteiger partial charge in [-0.05, 0) is 32.6 Å². The summed E-state index contributed by atoms with van der Waals surface area (Å²) >= 11 is 0. The molecular formula is C13H27NO. The molecular weight excluding hydrogens is 186 g/mol. The molecule has 0 radical (unpaired) electrons. The largest absolute Gasteiger partial charge is 0.380 e. The predicted molar refractivity (Wildman–Crippen MR) is 65.1 cm³/mol. The maximum atomic E-state index is 5.44. The van der Waals surface area contributed by atoms with Crippen molar-refractivity contribution in [3.8, 4) is 0 Å². The maximum Gasteiger partial charge on any atom is 0.0616 e. The molecule has 90 valence electrons. The molecule has 1 aliphatic carbocycles. The predicted octanol–water partition coefficient (Wildman–Crippen LogP) is 2.97. The Morgan fingerprint density at radius 3 is 2.67 bits per heavy atom. The SMILES string of the molecule is CCOCC(C)NC1CCCCC1CC. The first kappa shape index (κ1) is 13.0. The van der Waals surface area contributed by atoms with Gasteiger partial charge in [-0.2, -0.15) is 0 Å². The highest BCUT2D eigenvalue weighted by molar-refractivity contribution is 4.82. The normalized spacial score (nSPS) is 29.0. The lowest BCUT2D eigenvalue weighted by atomic mass is 9.82. The molecule has 1 saturated carbocycles. The zero-order chi connectivity index (χ0) is 11.1. The van der Waals surface area contributed by atoms with E-state index in [0.717, 1.165) is 25.2 Å². The Labute approximate surface area is 94.8 Å². The third kappa shape index (κ3) is 4.52. The average molecular weight is 213 g/mol. The lowest BCUT2D eigenvalue weighted by molar-refractivity contribution is 0.114. The molecule has 15 heavy (non-hydrogen) atoms. The number of rotatable bonds is 6. The molecule has 1 rings (SSSR count). The van der Waals surface area contributed by atoms with Gasteiger partial charge in [0.05, 0.1) is 6.61 Å². The third-order valence-corrected chi connectivity index (χ3v) is 3.50. The fourth-order valence-electron chi connectivity index (χ4n) is 2.62. The summed E-state index contributed by atoms with van der Waals surface area (Å²) in [6.45, 7) is 8.29. The zero-order valence-corrected chi connectivity index (χ0v) is 10.6. The summed E-state index contributed by atoms with van der Waals surface area (Å²) in [7, 11) is 0. The van der Waals surface area contributed by atoms with Gasteiger partial charge >= 0.3 is 0 Å². The van der Waals surface area contributed by atoms with Crippen molar-refractivity contribution >= 4 is 0 Å². The molecule has 2 nitrogen and oxygen atoms in total. The van der Waals surface area contributed by atoms with E-state index in [1.807, 2.05) is 0 Å².